The monoisotopic (exact) mass is 422 g/mol. The van der Waals surface area contributed by atoms with Crippen molar-refractivity contribution in [1.82, 2.24) is 10.2 Å². The summed E-state index contributed by atoms with van der Waals surface area (Å²) < 4.78 is 24.2. The van der Waals surface area contributed by atoms with E-state index in [1.165, 1.54) is 4.90 Å². The molecule has 2 amide bonds. The lowest BCUT2D eigenvalue weighted by atomic mass is 9.84. The van der Waals surface area contributed by atoms with Crippen molar-refractivity contribution in [2.45, 2.75) is 77.3 Å². The second kappa shape index (κ2) is 11.2. The number of carbonyl (C=O) groups excluding carboxylic acids is 2. The largest absolute Gasteiger partial charge is 0.445 e. The van der Waals surface area contributed by atoms with Crippen molar-refractivity contribution >= 4 is 12.2 Å². The normalized spacial score (nSPS) is 20.2. The van der Waals surface area contributed by atoms with Crippen molar-refractivity contribution in [3.8, 4) is 0 Å². The molecule has 0 saturated heterocycles. The van der Waals surface area contributed by atoms with Crippen LogP contribution in [0.2, 0.25) is 0 Å². The molecule has 1 aliphatic carbocycles. The quantitative estimate of drug-likeness (QED) is 0.666. The van der Waals surface area contributed by atoms with Gasteiger partial charge in [0.05, 0.1) is 6.04 Å². The second-order valence-electron chi connectivity index (χ2n) is 9.12. The van der Waals surface area contributed by atoms with Crippen LogP contribution in [-0.4, -0.2) is 48.5 Å². The van der Waals surface area contributed by atoms with Crippen molar-refractivity contribution < 1.29 is 23.5 Å². The average molecular weight is 423 g/mol. The summed E-state index contributed by atoms with van der Waals surface area (Å²) in [4.78, 5) is 26.2. The Morgan fingerprint density at radius 1 is 1.17 bits per heavy atom. The number of halogens is 1. The Morgan fingerprint density at radius 2 is 1.80 bits per heavy atom. The molecule has 7 heteroatoms. The zero-order chi connectivity index (χ0) is 22.1. The van der Waals surface area contributed by atoms with Gasteiger partial charge in [0.1, 0.15) is 18.4 Å². The molecule has 1 atom stereocenters. The smallest absolute Gasteiger partial charge is 0.409 e. The van der Waals surface area contributed by atoms with Crippen LogP contribution in [0.25, 0.3) is 0 Å². The van der Waals surface area contributed by atoms with E-state index in [1.54, 1.807) is 27.8 Å². The van der Waals surface area contributed by atoms with Crippen molar-refractivity contribution in [3.63, 3.8) is 0 Å². The van der Waals surface area contributed by atoms with Gasteiger partial charge in [-0.2, -0.15) is 0 Å². The molecule has 1 aromatic carbocycles. The summed E-state index contributed by atoms with van der Waals surface area (Å²) >= 11 is 0. The zero-order valence-corrected chi connectivity index (χ0v) is 18.5. The number of hydrogen-bond donors (Lipinski definition) is 1. The first-order valence-electron chi connectivity index (χ1n) is 10.7. The molecule has 0 bridgehead atoms. The third-order valence-corrected chi connectivity index (χ3v) is 5.13. The number of ether oxygens (including phenoxy) is 2. The van der Waals surface area contributed by atoms with Gasteiger partial charge < -0.3 is 19.7 Å². The molecule has 1 aliphatic rings. The highest BCUT2D eigenvalue weighted by Gasteiger charge is 2.27. The van der Waals surface area contributed by atoms with Crippen molar-refractivity contribution in [1.29, 1.82) is 0 Å². The predicted molar refractivity (Wildman–Crippen MR) is 114 cm³/mol. The number of hydrogen-bond acceptors (Lipinski definition) is 4. The van der Waals surface area contributed by atoms with Crippen molar-refractivity contribution in [2.24, 2.45) is 5.92 Å². The Kier molecular flexibility index (Phi) is 8.93. The standard InChI is InChI=1S/C23H35FN2O4/c1-23(2,3)30-21(27)25-20(14-17-10-12-19(24)13-11-17)15-26(4)22(28)29-16-18-8-6-5-7-9-18/h5-9,17,19-20H,10-16H2,1-4H3,(H,25,27)/t17-,19+,20-/m0/s1. The number of nitrogens with zero attached hydrogens (tertiary/aromatic N) is 1. The molecular weight excluding hydrogens is 387 g/mol. The predicted octanol–water partition coefficient (Wildman–Crippen LogP) is 5.07. The fraction of sp³-hybridized carbons (Fsp3) is 0.652. The molecule has 0 heterocycles. The van der Waals surface area contributed by atoms with Crippen LogP contribution in [0.15, 0.2) is 30.3 Å². The van der Waals surface area contributed by atoms with Crippen LogP contribution in [0.5, 0.6) is 0 Å². The van der Waals surface area contributed by atoms with Gasteiger partial charge in [-0.1, -0.05) is 30.3 Å². The second-order valence-corrected chi connectivity index (χ2v) is 9.12. The number of carbonyl (C=O) groups is 2. The molecule has 2 rings (SSSR count). The summed E-state index contributed by atoms with van der Waals surface area (Å²) in [5.74, 6) is 0.311. The van der Waals surface area contributed by atoms with Crippen LogP contribution < -0.4 is 5.32 Å². The summed E-state index contributed by atoms with van der Waals surface area (Å²) in [6, 6.07) is 9.17. The summed E-state index contributed by atoms with van der Waals surface area (Å²) in [5, 5.41) is 2.89. The lowest BCUT2D eigenvalue weighted by Crippen LogP contribution is -2.47. The molecule has 168 valence electrons. The van der Waals surface area contributed by atoms with Crippen molar-refractivity contribution in [3.05, 3.63) is 35.9 Å². The van der Waals surface area contributed by atoms with Crippen LogP contribution in [0, 0.1) is 5.92 Å². The van der Waals surface area contributed by atoms with Gasteiger partial charge in [-0.3, -0.25) is 0 Å². The van der Waals surface area contributed by atoms with Gasteiger partial charge in [0.25, 0.3) is 0 Å². The molecule has 0 unspecified atom stereocenters. The van der Waals surface area contributed by atoms with Gasteiger partial charge in [0.2, 0.25) is 0 Å². The highest BCUT2D eigenvalue weighted by atomic mass is 19.1. The molecule has 30 heavy (non-hydrogen) atoms. The topological polar surface area (TPSA) is 67.9 Å². The maximum absolute atomic E-state index is 13.5. The van der Waals surface area contributed by atoms with Gasteiger partial charge in [-0.15, -0.1) is 0 Å². The summed E-state index contributed by atoms with van der Waals surface area (Å²) in [5.41, 5.74) is 0.298. The molecule has 0 radical (unpaired) electrons. The minimum atomic E-state index is -0.728. The molecule has 6 nitrogen and oxygen atoms in total. The Hall–Kier alpha value is -2.31. The number of benzene rings is 1. The first kappa shape index (κ1) is 24.0. The molecule has 1 saturated carbocycles. The van der Waals surface area contributed by atoms with Crippen LogP contribution >= 0.6 is 0 Å². The summed E-state index contributed by atoms with van der Waals surface area (Å²) in [6.07, 6.45) is 1.65. The number of rotatable bonds is 7. The Balaban J connectivity index is 1.92. The molecular formula is C23H35FN2O4. The fourth-order valence-corrected chi connectivity index (χ4v) is 3.65. The van der Waals surface area contributed by atoms with E-state index in [0.29, 0.717) is 31.7 Å². The SMILES string of the molecule is CN(C[C@H](C[C@H]1CC[C@@H](F)CC1)NC(=O)OC(C)(C)C)C(=O)OCc1ccccc1. The highest BCUT2D eigenvalue weighted by molar-refractivity contribution is 5.69. The zero-order valence-electron chi connectivity index (χ0n) is 18.5. The van der Waals surface area contributed by atoms with Crippen LogP contribution in [0.1, 0.15) is 58.4 Å². The molecule has 1 N–H and O–H groups in total. The minimum Gasteiger partial charge on any atom is -0.445 e. The Morgan fingerprint density at radius 3 is 2.40 bits per heavy atom. The molecule has 0 spiro atoms. The average Bonchev–Trinajstić information content (AvgIpc) is 2.67. The van der Waals surface area contributed by atoms with Crippen LogP contribution in [0.4, 0.5) is 14.0 Å². The summed E-state index contributed by atoms with van der Waals surface area (Å²) in [7, 11) is 1.65. The van der Waals surface area contributed by atoms with E-state index in [0.717, 1.165) is 18.4 Å². The number of alkyl carbamates (subject to hydrolysis) is 1. The first-order chi connectivity index (χ1) is 14.1. The molecule has 1 fully saturated rings. The van der Waals surface area contributed by atoms with Gasteiger partial charge in [0.15, 0.2) is 0 Å². The van der Waals surface area contributed by atoms with E-state index in [-0.39, 0.29) is 12.6 Å². The third-order valence-electron chi connectivity index (χ3n) is 5.13. The van der Waals surface area contributed by atoms with E-state index in [2.05, 4.69) is 5.32 Å². The first-order valence-corrected chi connectivity index (χ1v) is 10.7. The van der Waals surface area contributed by atoms with Crippen LogP contribution in [-0.2, 0) is 16.1 Å². The van der Waals surface area contributed by atoms with Crippen molar-refractivity contribution in [2.75, 3.05) is 13.6 Å². The van der Waals surface area contributed by atoms with E-state index < -0.39 is 24.0 Å². The van der Waals surface area contributed by atoms with E-state index in [4.69, 9.17) is 9.47 Å². The molecule has 0 aromatic heterocycles. The van der Waals surface area contributed by atoms with Gasteiger partial charge in [0, 0.05) is 13.6 Å². The van der Waals surface area contributed by atoms with Gasteiger partial charge in [-0.25, -0.2) is 14.0 Å². The van der Waals surface area contributed by atoms with E-state index in [1.807, 2.05) is 30.3 Å². The maximum Gasteiger partial charge on any atom is 0.409 e. The number of nitrogens with one attached hydrogen (secondary N) is 1. The number of likely N-dealkylation sites (N-methyl/N-ethyl adjacent to an activating group) is 1. The lowest BCUT2D eigenvalue weighted by Gasteiger charge is -2.31. The third kappa shape index (κ3) is 9.01. The Bertz CT molecular complexity index is 670. The minimum absolute atomic E-state index is 0.189. The molecule has 0 aliphatic heterocycles. The number of alkyl halides is 1. The van der Waals surface area contributed by atoms with E-state index in [9.17, 15) is 14.0 Å². The van der Waals surface area contributed by atoms with Gasteiger partial charge in [-0.05, 0) is 64.4 Å². The lowest BCUT2D eigenvalue weighted by molar-refractivity contribution is 0.0470. The molecule has 1 aromatic rings. The maximum atomic E-state index is 13.5. The van der Waals surface area contributed by atoms with Crippen LogP contribution in [0.3, 0.4) is 0 Å². The van der Waals surface area contributed by atoms with Gasteiger partial charge >= 0.3 is 12.2 Å². The summed E-state index contributed by atoms with van der Waals surface area (Å²) in [6.45, 7) is 5.89. The highest BCUT2D eigenvalue weighted by Crippen LogP contribution is 2.29. The Labute approximate surface area is 179 Å². The van der Waals surface area contributed by atoms with E-state index >= 15 is 0 Å². The fourth-order valence-electron chi connectivity index (χ4n) is 3.65. The number of amides is 2.